The minimum Gasteiger partial charge on any atom is -0.394 e. The summed E-state index contributed by atoms with van der Waals surface area (Å²) in [7, 11) is 0. The fourth-order valence-electron chi connectivity index (χ4n) is 3.03. The van der Waals surface area contributed by atoms with Crippen molar-refractivity contribution in [3.05, 3.63) is 0 Å². The van der Waals surface area contributed by atoms with Crippen LogP contribution in [0.4, 0.5) is 0 Å². The van der Waals surface area contributed by atoms with E-state index < -0.39 is 24.4 Å². The molecule has 23 heavy (non-hydrogen) atoms. The van der Waals surface area contributed by atoms with Crippen LogP contribution in [0.1, 0.15) is 71.1 Å². The molecular weight excluding hydrogens is 296 g/mol. The van der Waals surface area contributed by atoms with E-state index in [-0.39, 0.29) is 13.2 Å². The Morgan fingerprint density at radius 1 is 0.957 bits per heavy atom. The quantitative estimate of drug-likeness (QED) is 0.426. The van der Waals surface area contributed by atoms with Gasteiger partial charge in [0.25, 0.3) is 0 Å². The summed E-state index contributed by atoms with van der Waals surface area (Å²) in [5.41, 5.74) is 0. The van der Waals surface area contributed by atoms with Gasteiger partial charge in [-0.05, 0) is 6.42 Å². The van der Waals surface area contributed by atoms with Gasteiger partial charge in [-0.1, -0.05) is 64.7 Å². The van der Waals surface area contributed by atoms with Gasteiger partial charge < -0.3 is 24.8 Å². The van der Waals surface area contributed by atoms with Gasteiger partial charge in [0, 0.05) is 6.61 Å². The molecule has 0 aromatic rings. The molecule has 0 aliphatic carbocycles. The van der Waals surface area contributed by atoms with Crippen molar-refractivity contribution in [2.75, 3.05) is 19.8 Å². The van der Waals surface area contributed by atoms with E-state index in [1.54, 1.807) is 0 Å². The van der Waals surface area contributed by atoms with Crippen LogP contribution in [0, 0.1) is 0 Å². The summed E-state index contributed by atoms with van der Waals surface area (Å²) in [6.07, 6.45) is 9.63. The van der Waals surface area contributed by atoms with E-state index in [0.29, 0.717) is 6.61 Å². The lowest BCUT2D eigenvalue weighted by Crippen LogP contribution is -2.42. The van der Waals surface area contributed by atoms with Gasteiger partial charge in [-0.15, -0.1) is 0 Å². The van der Waals surface area contributed by atoms with Crippen LogP contribution in [0.3, 0.4) is 0 Å². The highest BCUT2D eigenvalue weighted by Gasteiger charge is 2.40. The molecule has 5 nitrogen and oxygen atoms in total. The van der Waals surface area contributed by atoms with Crippen molar-refractivity contribution in [2.24, 2.45) is 0 Å². The molecule has 1 saturated heterocycles. The molecule has 1 rings (SSSR count). The van der Waals surface area contributed by atoms with Crippen molar-refractivity contribution in [1.82, 2.24) is 0 Å². The van der Waals surface area contributed by atoms with Crippen LogP contribution in [0.5, 0.6) is 0 Å². The maximum absolute atomic E-state index is 9.77. The molecule has 0 unspecified atom stereocenters. The lowest BCUT2D eigenvalue weighted by Gasteiger charge is -2.24. The molecule has 0 aromatic heterocycles. The van der Waals surface area contributed by atoms with Crippen molar-refractivity contribution in [3.8, 4) is 0 Å². The molecule has 1 heterocycles. The lowest BCUT2D eigenvalue weighted by molar-refractivity contribution is -0.101. The molecule has 3 N–H and O–H groups in total. The van der Waals surface area contributed by atoms with Crippen LogP contribution in [-0.2, 0) is 9.47 Å². The fourth-order valence-corrected chi connectivity index (χ4v) is 3.03. The van der Waals surface area contributed by atoms with E-state index in [4.69, 9.17) is 9.47 Å². The SMILES string of the molecule is CCCCCCCCCCCCO[C@@H](CO)[C@@H]1OC[C@@H](O)[C@@H]1O. The Morgan fingerprint density at radius 2 is 1.52 bits per heavy atom. The first-order valence-electron chi connectivity index (χ1n) is 9.40. The number of hydrogen-bond donors (Lipinski definition) is 3. The van der Waals surface area contributed by atoms with Crippen LogP contribution >= 0.6 is 0 Å². The first-order chi connectivity index (χ1) is 11.2. The molecule has 0 amide bonds. The van der Waals surface area contributed by atoms with Gasteiger partial charge in [0.15, 0.2) is 0 Å². The first kappa shape index (κ1) is 20.8. The molecule has 4 atom stereocenters. The van der Waals surface area contributed by atoms with Gasteiger partial charge in [-0.2, -0.15) is 0 Å². The van der Waals surface area contributed by atoms with Crippen LogP contribution in [0.15, 0.2) is 0 Å². The third-order valence-electron chi connectivity index (χ3n) is 4.57. The van der Waals surface area contributed by atoms with Crippen molar-refractivity contribution in [2.45, 2.75) is 95.5 Å². The number of unbranched alkanes of at least 4 members (excludes halogenated alkanes) is 9. The molecular formula is C18H36O5. The van der Waals surface area contributed by atoms with Gasteiger partial charge in [-0.3, -0.25) is 0 Å². The minimum absolute atomic E-state index is 0.101. The lowest BCUT2D eigenvalue weighted by atomic mass is 10.1. The Kier molecular flexibility index (Phi) is 11.9. The Hall–Kier alpha value is -0.200. The average Bonchev–Trinajstić information content (AvgIpc) is 2.88. The molecule has 0 bridgehead atoms. The number of rotatable bonds is 14. The van der Waals surface area contributed by atoms with Gasteiger partial charge in [0.05, 0.1) is 13.2 Å². The van der Waals surface area contributed by atoms with Crippen LogP contribution in [0.2, 0.25) is 0 Å². The third-order valence-corrected chi connectivity index (χ3v) is 4.57. The standard InChI is InChI=1S/C18H36O5/c1-2-3-4-5-6-7-8-9-10-11-12-22-16(13-19)18-17(21)15(20)14-23-18/h15-21H,2-14H2,1H3/t15-,16+,17+,18+/m1/s1. The summed E-state index contributed by atoms with van der Waals surface area (Å²) in [5.74, 6) is 0. The Bertz CT molecular complexity index is 274. The molecule has 0 radical (unpaired) electrons. The highest BCUT2D eigenvalue weighted by atomic mass is 16.6. The van der Waals surface area contributed by atoms with Crippen molar-refractivity contribution in [3.63, 3.8) is 0 Å². The van der Waals surface area contributed by atoms with E-state index >= 15 is 0 Å². The Labute approximate surface area is 141 Å². The number of aliphatic hydroxyl groups is 3. The zero-order valence-electron chi connectivity index (χ0n) is 14.7. The maximum Gasteiger partial charge on any atom is 0.114 e. The zero-order chi connectivity index (χ0) is 16.9. The highest BCUT2D eigenvalue weighted by Crippen LogP contribution is 2.20. The summed E-state index contributed by atoms with van der Waals surface area (Å²) in [4.78, 5) is 0. The molecule has 0 saturated carbocycles. The molecule has 138 valence electrons. The van der Waals surface area contributed by atoms with Crippen LogP contribution in [0.25, 0.3) is 0 Å². The Morgan fingerprint density at radius 3 is 2.00 bits per heavy atom. The van der Waals surface area contributed by atoms with Crippen molar-refractivity contribution < 1.29 is 24.8 Å². The highest BCUT2D eigenvalue weighted by molar-refractivity contribution is 4.88. The second-order valence-corrected chi connectivity index (χ2v) is 6.63. The van der Waals surface area contributed by atoms with Crippen molar-refractivity contribution >= 4 is 0 Å². The summed E-state index contributed by atoms with van der Waals surface area (Å²) in [6.45, 7) is 2.70. The second-order valence-electron chi connectivity index (χ2n) is 6.63. The molecule has 0 aromatic carbocycles. The topological polar surface area (TPSA) is 79.2 Å². The second kappa shape index (κ2) is 13.1. The normalized spacial score (nSPS) is 25.8. The maximum atomic E-state index is 9.77. The van der Waals surface area contributed by atoms with E-state index in [1.165, 1.54) is 51.4 Å². The number of ether oxygens (including phenoxy) is 2. The molecule has 1 aliphatic rings. The van der Waals surface area contributed by atoms with Gasteiger partial charge in [0.2, 0.25) is 0 Å². The van der Waals surface area contributed by atoms with E-state index in [1.807, 2.05) is 0 Å². The smallest absolute Gasteiger partial charge is 0.114 e. The zero-order valence-corrected chi connectivity index (χ0v) is 14.7. The monoisotopic (exact) mass is 332 g/mol. The molecule has 1 fully saturated rings. The van der Waals surface area contributed by atoms with Gasteiger partial charge in [0.1, 0.15) is 24.4 Å². The fraction of sp³-hybridized carbons (Fsp3) is 1.00. The predicted octanol–water partition coefficient (Wildman–Crippen LogP) is 2.41. The minimum atomic E-state index is -0.972. The predicted molar refractivity (Wildman–Crippen MR) is 90.4 cm³/mol. The first-order valence-corrected chi connectivity index (χ1v) is 9.40. The largest absolute Gasteiger partial charge is 0.394 e. The van der Waals surface area contributed by atoms with Crippen molar-refractivity contribution in [1.29, 1.82) is 0 Å². The molecule has 0 spiro atoms. The van der Waals surface area contributed by atoms with E-state index in [9.17, 15) is 15.3 Å². The molecule has 1 aliphatic heterocycles. The number of aliphatic hydroxyl groups excluding tert-OH is 3. The van der Waals surface area contributed by atoms with Gasteiger partial charge >= 0.3 is 0 Å². The van der Waals surface area contributed by atoms with E-state index in [2.05, 4.69) is 6.92 Å². The van der Waals surface area contributed by atoms with Crippen LogP contribution in [-0.4, -0.2) is 59.6 Å². The third kappa shape index (κ3) is 8.45. The van der Waals surface area contributed by atoms with Crippen LogP contribution < -0.4 is 0 Å². The van der Waals surface area contributed by atoms with E-state index in [0.717, 1.165) is 12.8 Å². The average molecular weight is 332 g/mol. The molecule has 5 heteroatoms. The summed E-state index contributed by atoms with van der Waals surface area (Å²) >= 11 is 0. The van der Waals surface area contributed by atoms with Gasteiger partial charge in [-0.25, -0.2) is 0 Å². The summed E-state index contributed by atoms with van der Waals surface area (Å²) in [6, 6.07) is 0. The summed E-state index contributed by atoms with van der Waals surface area (Å²) < 4.78 is 10.9. The summed E-state index contributed by atoms with van der Waals surface area (Å²) in [5, 5.41) is 28.6. The number of hydrogen-bond acceptors (Lipinski definition) is 5. The Balaban J connectivity index is 1.95.